The zero-order valence-electron chi connectivity index (χ0n) is 19.8. The van der Waals surface area contributed by atoms with Crippen molar-refractivity contribution in [1.29, 1.82) is 0 Å². The van der Waals surface area contributed by atoms with E-state index in [0.29, 0.717) is 35.9 Å². The molecule has 6 bridgehead atoms. The lowest BCUT2D eigenvalue weighted by Gasteiger charge is -2.61. The highest BCUT2D eigenvalue weighted by molar-refractivity contribution is 5.91. The average Bonchev–Trinajstić information content (AvgIpc) is 3.03. The Hall–Kier alpha value is -1.85. The number of ketones is 1. The summed E-state index contributed by atoms with van der Waals surface area (Å²) in [6, 6.07) is 6.76. The summed E-state index contributed by atoms with van der Waals surface area (Å²) in [5, 5.41) is 11.9. The Morgan fingerprint density at radius 1 is 1.16 bits per heavy atom. The van der Waals surface area contributed by atoms with E-state index in [9.17, 15) is 9.90 Å². The molecule has 0 aromatic heterocycles. The van der Waals surface area contributed by atoms with E-state index in [0.717, 1.165) is 56.9 Å². The molecule has 1 N–H and O–H groups in total. The fourth-order valence-corrected chi connectivity index (χ4v) is 8.92. The van der Waals surface area contributed by atoms with Gasteiger partial charge in [-0.25, -0.2) is 0 Å². The SMILES string of the molecule is CCc1ccc2c(c1)C[C@]13CCC(=O)C=C1C[C@@H](C)[C@@H]1C3CC[C@@]3(C)[C@H]1CC[C@]3(O)C#C2. The Bertz CT molecular complexity index is 1090. The standard InChI is InChI=1S/C30H36O2/c1-4-20-5-6-21-7-13-30(32)14-10-25-27-19(2)15-23-17-24(31)8-12-29(23,18-22(21)16-20)26(27)9-11-28(25,30)3/h5-6,16-17,19,25-27,32H,4,8-12,14-15,18H2,1-3H3/t19-,25+,26?,27+,28+,29-,30-/m1/s1. The number of allylic oxidation sites excluding steroid dienone is 1. The minimum absolute atomic E-state index is 0.0836. The first-order chi connectivity index (χ1) is 15.3. The summed E-state index contributed by atoms with van der Waals surface area (Å²) < 4.78 is 0. The van der Waals surface area contributed by atoms with E-state index < -0.39 is 5.60 Å². The van der Waals surface area contributed by atoms with Gasteiger partial charge in [-0.3, -0.25) is 4.79 Å². The van der Waals surface area contributed by atoms with Crippen LogP contribution in [0.4, 0.5) is 0 Å². The first-order valence-corrected chi connectivity index (χ1v) is 12.9. The van der Waals surface area contributed by atoms with Crippen LogP contribution in [0.2, 0.25) is 0 Å². The molecule has 2 heteroatoms. The van der Waals surface area contributed by atoms with Crippen LogP contribution in [0.5, 0.6) is 0 Å². The van der Waals surface area contributed by atoms with Gasteiger partial charge >= 0.3 is 0 Å². The molecule has 0 aliphatic heterocycles. The Balaban J connectivity index is 1.62. The van der Waals surface area contributed by atoms with Crippen LogP contribution in [0, 0.1) is 46.3 Å². The molecule has 1 aromatic carbocycles. The van der Waals surface area contributed by atoms with Gasteiger partial charge in [-0.1, -0.05) is 50.3 Å². The first-order valence-electron chi connectivity index (χ1n) is 12.9. The van der Waals surface area contributed by atoms with Crippen molar-refractivity contribution in [2.75, 3.05) is 0 Å². The third-order valence-corrected chi connectivity index (χ3v) is 10.7. The van der Waals surface area contributed by atoms with E-state index in [1.807, 2.05) is 6.08 Å². The molecular formula is C30H36O2. The van der Waals surface area contributed by atoms with Gasteiger partial charge in [-0.2, -0.15) is 0 Å². The van der Waals surface area contributed by atoms with Crippen LogP contribution in [-0.4, -0.2) is 16.5 Å². The molecule has 6 aliphatic carbocycles. The second-order valence-electron chi connectivity index (χ2n) is 11.9. The lowest BCUT2D eigenvalue weighted by atomic mass is 9.43. The van der Waals surface area contributed by atoms with Crippen molar-refractivity contribution in [3.63, 3.8) is 0 Å². The summed E-state index contributed by atoms with van der Waals surface area (Å²) in [5.74, 6) is 9.57. The minimum atomic E-state index is -0.890. The predicted octanol–water partition coefficient (Wildman–Crippen LogP) is 5.65. The number of aryl methyl sites for hydroxylation is 1. The molecule has 3 fully saturated rings. The summed E-state index contributed by atoms with van der Waals surface area (Å²) >= 11 is 0. The minimum Gasteiger partial charge on any atom is -0.377 e. The number of hydrogen-bond donors (Lipinski definition) is 1. The molecule has 0 heterocycles. The van der Waals surface area contributed by atoms with E-state index in [2.05, 4.69) is 50.8 Å². The largest absolute Gasteiger partial charge is 0.377 e. The highest BCUT2D eigenvalue weighted by Crippen LogP contribution is 2.69. The van der Waals surface area contributed by atoms with Crippen LogP contribution < -0.4 is 0 Å². The van der Waals surface area contributed by atoms with Gasteiger partial charge in [0.05, 0.1) is 0 Å². The fourth-order valence-electron chi connectivity index (χ4n) is 8.92. The summed E-state index contributed by atoms with van der Waals surface area (Å²) in [5.41, 5.74) is 4.27. The second kappa shape index (κ2) is 6.83. The fraction of sp³-hybridized carbons (Fsp3) is 0.633. The van der Waals surface area contributed by atoms with E-state index in [1.165, 1.54) is 16.7 Å². The van der Waals surface area contributed by atoms with Crippen LogP contribution in [0.3, 0.4) is 0 Å². The van der Waals surface area contributed by atoms with E-state index >= 15 is 0 Å². The highest BCUT2D eigenvalue weighted by Gasteiger charge is 2.65. The van der Waals surface area contributed by atoms with Crippen LogP contribution in [0.1, 0.15) is 82.4 Å². The van der Waals surface area contributed by atoms with Crippen molar-refractivity contribution in [3.05, 3.63) is 46.5 Å². The Morgan fingerprint density at radius 3 is 2.78 bits per heavy atom. The van der Waals surface area contributed by atoms with Crippen molar-refractivity contribution in [2.24, 2.45) is 34.5 Å². The van der Waals surface area contributed by atoms with Crippen molar-refractivity contribution >= 4 is 5.78 Å². The number of carbonyl (C=O) groups is 1. The van der Waals surface area contributed by atoms with Crippen molar-refractivity contribution in [3.8, 4) is 11.8 Å². The molecule has 0 amide bonds. The van der Waals surface area contributed by atoms with Crippen LogP contribution in [-0.2, 0) is 17.6 Å². The van der Waals surface area contributed by atoms with Crippen molar-refractivity contribution < 1.29 is 9.90 Å². The molecule has 7 atom stereocenters. The van der Waals surface area contributed by atoms with Crippen LogP contribution in [0.15, 0.2) is 29.8 Å². The van der Waals surface area contributed by atoms with Gasteiger partial charge in [0, 0.05) is 17.4 Å². The maximum atomic E-state index is 12.6. The number of rotatable bonds is 1. The number of hydrogen-bond acceptors (Lipinski definition) is 2. The molecular weight excluding hydrogens is 392 g/mol. The molecule has 2 nitrogen and oxygen atoms in total. The zero-order chi connectivity index (χ0) is 22.3. The molecule has 1 spiro atoms. The van der Waals surface area contributed by atoms with Gasteiger partial charge in [0.15, 0.2) is 5.78 Å². The number of benzene rings is 1. The molecule has 6 aliphatic rings. The third kappa shape index (κ3) is 2.61. The molecule has 0 radical (unpaired) electrons. The van der Waals surface area contributed by atoms with Gasteiger partial charge in [0.1, 0.15) is 5.60 Å². The van der Waals surface area contributed by atoms with E-state index in [1.54, 1.807) is 0 Å². The Kier molecular flexibility index (Phi) is 4.43. The Morgan fingerprint density at radius 2 is 1.97 bits per heavy atom. The van der Waals surface area contributed by atoms with Crippen LogP contribution >= 0.6 is 0 Å². The quantitative estimate of drug-likeness (QED) is 0.587. The molecule has 32 heavy (non-hydrogen) atoms. The maximum Gasteiger partial charge on any atom is 0.155 e. The maximum absolute atomic E-state index is 12.6. The number of carbonyl (C=O) groups excluding carboxylic acids is 1. The number of fused-ring (bicyclic) bond motifs is 1. The number of aliphatic hydroxyl groups is 1. The van der Waals surface area contributed by atoms with Gasteiger partial charge < -0.3 is 5.11 Å². The topological polar surface area (TPSA) is 37.3 Å². The second-order valence-corrected chi connectivity index (χ2v) is 11.9. The zero-order valence-corrected chi connectivity index (χ0v) is 19.8. The predicted molar refractivity (Wildman–Crippen MR) is 127 cm³/mol. The monoisotopic (exact) mass is 428 g/mol. The van der Waals surface area contributed by atoms with Crippen molar-refractivity contribution in [1.82, 2.24) is 0 Å². The first kappa shape index (κ1) is 20.7. The third-order valence-electron chi connectivity index (χ3n) is 10.7. The van der Waals surface area contributed by atoms with Crippen molar-refractivity contribution in [2.45, 2.75) is 84.2 Å². The molecule has 0 saturated heterocycles. The average molecular weight is 429 g/mol. The molecule has 1 aromatic rings. The smallest absolute Gasteiger partial charge is 0.155 e. The van der Waals surface area contributed by atoms with Gasteiger partial charge in [-0.05, 0) is 104 Å². The van der Waals surface area contributed by atoms with Gasteiger partial charge in [0.2, 0.25) is 0 Å². The van der Waals surface area contributed by atoms with Gasteiger partial charge in [0.25, 0.3) is 0 Å². The molecule has 3 saturated carbocycles. The lowest BCUT2D eigenvalue weighted by molar-refractivity contribution is -0.125. The van der Waals surface area contributed by atoms with E-state index in [-0.39, 0.29) is 10.8 Å². The van der Waals surface area contributed by atoms with Gasteiger partial charge in [-0.15, -0.1) is 0 Å². The highest BCUT2D eigenvalue weighted by atomic mass is 16.3. The molecule has 7 rings (SSSR count). The summed E-state index contributed by atoms with van der Waals surface area (Å²) in [6.07, 6.45) is 10.9. The van der Waals surface area contributed by atoms with Crippen LogP contribution in [0.25, 0.3) is 0 Å². The Labute approximate surface area is 192 Å². The molecule has 1 unspecified atom stereocenters. The summed E-state index contributed by atoms with van der Waals surface area (Å²) in [4.78, 5) is 12.6. The summed E-state index contributed by atoms with van der Waals surface area (Å²) in [7, 11) is 0. The molecule has 168 valence electrons. The summed E-state index contributed by atoms with van der Waals surface area (Å²) in [6.45, 7) is 6.96. The lowest BCUT2D eigenvalue weighted by Crippen LogP contribution is -2.57. The van der Waals surface area contributed by atoms with E-state index in [4.69, 9.17) is 0 Å². The normalized spacial score (nSPS) is 44.0.